The largest absolute Gasteiger partial charge is 0.374 e. The second-order valence-electron chi connectivity index (χ2n) is 5.06. The third-order valence-corrected chi connectivity index (χ3v) is 4.15. The van der Waals surface area contributed by atoms with Gasteiger partial charge >= 0.3 is 0 Å². The van der Waals surface area contributed by atoms with E-state index in [2.05, 4.69) is 42.0 Å². The van der Waals surface area contributed by atoms with E-state index in [1.54, 1.807) is 6.07 Å². The summed E-state index contributed by atoms with van der Waals surface area (Å²) in [7, 11) is 0. The van der Waals surface area contributed by atoms with Crippen molar-refractivity contribution >= 4 is 15.9 Å². The van der Waals surface area contributed by atoms with E-state index in [0.29, 0.717) is 11.1 Å². The number of nitrogens with one attached hydrogen (secondary N) is 1. The molecule has 0 aromatic heterocycles. The summed E-state index contributed by atoms with van der Waals surface area (Å²) in [6, 6.07) is 5.28. The second-order valence-corrected chi connectivity index (χ2v) is 5.86. The van der Waals surface area contributed by atoms with Crippen molar-refractivity contribution in [3.63, 3.8) is 0 Å². The minimum atomic E-state index is -0.295. The van der Waals surface area contributed by atoms with Crippen LogP contribution in [-0.2, 0) is 11.2 Å². The molecule has 0 fully saturated rings. The first-order valence-electron chi connectivity index (χ1n) is 6.72. The van der Waals surface area contributed by atoms with Crippen molar-refractivity contribution in [3.8, 4) is 0 Å². The lowest BCUT2D eigenvalue weighted by Gasteiger charge is -2.35. The van der Waals surface area contributed by atoms with Gasteiger partial charge in [-0.25, -0.2) is 4.39 Å². The van der Waals surface area contributed by atoms with Crippen molar-refractivity contribution in [3.05, 3.63) is 34.1 Å². The molecule has 1 aromatic carbocycles. The zero-order valence-corrected chi connectivity index (χ0v) is 13.7. The maximum absolute atomic E-state index is 13.6. The van der Waals surface area contributed by atoms with E-state index in [-0.39, 0.29) is 17.5 Å². The van der Waals surface area contributed by atoms with Crippen molar-refractivity contribution in [1.82, 2.24) is 5.32 Å². The van der Waals surface area contributed by atoms with Crippen LogP contribution in [0, 0.1) is 5.82 Å². The average Bonchev–Trinajstić information content (AvgIpc) is 2.34. The van der Waals surface area contributed by atoms with E-state index >= 15 is 0 Å². The molecule has 1 N–H and O–H groups in total. The van der Waals surface area contributed by atoms with Gasteiger partial charge in [-0.1, -0.05) is 19.1 Å². The Morgan fingerprint density at radius 3 is 2.63 bits per heavy atom. The predicted molar refractivity (Wildman–Crippen MR) is 81.0 cm³/mol. The lowest BCUT2D eigenvalue weighted by Crippen LogP contribution is -2.50. The first-order chi connectivity index (χ1) is 8.92. The van der Waals surface area contributed by atoms with E-state index in [0.717, 1.165) is 18.5 Å². The molecule has 0 radical (unpaired) electrons. The first kappa shape index (κ1) is 16.6. The summed E-state index contributed by atoms with van der Waals surface area (Å²) in [5.74, 6) is -0.220. The third kappa shape index (κ3) is 4.55. The highest BCUT2D eigenvalue weighted by Gasteiger charge is 2.30. The Bertz CT molecular complexity index is 409. The Balaban J connectivity index is 2.92. The number of rotatable bonds is 7. The summed E-state index contributed by atoms with van der Waals surface area (Å²) in [5, 5.41) is 3.43. The Morgan fingerprint density at radius 1 is 1.37 bits per heavy atom. The molecule has 0 bridgehead atoms. The maximum Gasteiger partial charge on any atom is 0.137 e. The van der Waals surface area contributed by atoms with E-state index in [9.17, 15) is 4.39 Å². The topological polar surface area (TPSA) is 21.3 Å². The van der Waals surface area contributed by atoms with Gasteiger partial charge in [-0.2, -0.15) is 0 Å². The minimum absolute atomic E-state index is 0.135. The van der Waals surface area contributed by atoms with Crippen molar-refractivity contribution in [2.24, 2.45) is 0 Å². The van der Waals surface area contributed by atoms with Gasteiger partial charge in [0.05, 0.1) is 10.1 Å². The van der Waals surface area contributed by atoms with Crippen LogP contribution in [0.4, 0.5) is 4.39 Å². The van der Waals surface area contributed by atoms with E-state index < -0.39 is 0 Å². The number of ether oxygens (including phenoxy) is 1. The van der Waals surface area contributed by atoms with Crippen LogP contribution in [0.1, 0.15) is 33.3 Å². The molecule has 0 aliphatic carbocycles. The first-order valence-corrected chi connectivity index (χ1v) is 7.51. The second kappa shape index (κ2) is 7.36. The Morgan fingerprint density at radius 2 is 2.05 bits per heavy atom. The van der Waals surface area contributed by atoms with Crippen LogP contribution in [-0.4, -0.2) is 24.8 Å². The molecular weight excluding hydrogens is 309 g/mol. The smallest absolute Gasteiger partial charge is 0.137 e. The summed E-state index contributed by atoms with van der Waals surface area (Å²) >= 11 is 3.32. The Hall–Kier alpha value is -0.450. The normalized spacial score (nSPS) is 13.6. The molecule has 2 nitrogen and oxygen atoms in total. The number of halogens is 2. The fraction of sp³-hybridized carbons (Fsp3) is 0.600. The minimum Gasteiger partial charge on any atom is -0.374 e. The SMILES string of the molecule is CCNC(Cc1cccc(F)c1Br)C(C)(C)OCC. The van der Waals surface area contributed by atoms with Crippen LogP contribution in [0.25, 0.3) is 0 Å². The standard InChI is InChI=1S/C15H23BrFNO/c1-5-18-13(15(3,4)19-6-2)10-11-8-7-9-12(17)14(11)16/h7-9,13,18H,5-6,10H2,1-4H3. The van der Waals surface area contributed by atoms with Gasteiger partial charge in [-0.15, -0.1) is 0 Å². The summed E-state index contributed by atoms with van der Waals surface area (Å²) in [4.78, 5) is 0. The molecule has 0 saturated heterocycles. The highest BCUT2D eigenvalue weighted by atomic mass is 79.9. The van der Waals surface area contributed by atoms with Crippen LogP contribution in [0.3, 0.4) is 0 Å². The van der Waals surface area contributed by atoms with Gasteiger partial charge in [0.15, 0.2) is 0 Å². The van der Waals surface area contributed by atoms with Crippen molar-refractivity contribution in [2.75, 3.05) is 13.2 Å². The number of likely N-dealkylation sites (N-methyl/N-ethyl adjacent to an activating group) is 1. The van der Waals surface area contributed by atoms with Crippen molar-refractivity contribution in [1.29, 1.82) is 0 Å². The molecule has 19 heavy (non-hydrogen) atoms. The van der Waals surface area contributed by atoms with Crippen LogP contribution < -0.4 is 5.32 Å². The summed E-state index contributed by atoms with van der Waals surface area (Å²) in [6.45, 7) is 9.71. The highest BCUT2D eigenvalue weighted by Crippen LogP contribution is 2.25. The number of benzene rings is 1. The van der Waals surface area contributed by atoms with Gasteiger partial charge in [-0.3, -0.25) is 0 Å². The molecule has 0 aliphatic rings. The van der Waals surface area contributed by atoms with E-state index in [1.807, 2.05) is 13.0 Å². The third-order valence-electron chi connectivity index (χ3n) is 3.26. The molecule has 1 unspecified atom stereocenters. The molecule has 108 valence electrons. The summed E-state index contributed by atoms with van der Waals surface area (Å²) in [5.41, 5.74) is 0.662. The van der Waals surface area contributed by atoms with Gasteiger partial charge in [0.1, 0.15) is 5.82 Å². The molecular formula is C15H23BrFNO. The van der Waals surface area contributed by atoms with Gasteiger partial charge in [0, 0.05) is 12.6 Å². The summed E-state index contributed by atoms with van der Waals surface area (Å²) < 4.78 is 19.9. The fourth-order valence-electron chi connectivity index (χ4n) is 2.21. The zero-order valence-electron chi connectivity index (χ0n) is 12.1. The summed E-state index contributed by atoms with van der Waals surface area (Å²) in [6.07, 6.45) is 0.721. The average molecular weight is 332 g/mol. The number of hydrogen-bond acceptors (Lipinski definition) is 2. The van der Waals surface area contributed by atoms with E-state index in [1.165, 1.54) is 6.07 Å². The maximum atomic E-state index is 13.6. The molecule has 0 spiro atoms. The van der Waals surface area contributed by atoms with Gasteiger partial charge in [0.2, 0.25) is 0 Å². The molecule has 0 saturated carbocycles. The molecule has 4 heteroatoms. The molecule has 0 aliphatic heterocycles. The Labute approximate surface area is 123 Å². The predicted octanol–water partition coefficient (Wildman–Crippen LogP) is 3.92. The van der Waals surface area contributed by atoms with E-state index in [4.69, 9.17) is 4.74 Å². The van der Waals surface area contributed by atoms with Crippen LogP contribution in [0.15, 0.2) is 22.7 Å². The molecule has 0 amide bonds. The quantitative estimate of drug-likeness (QED) is 0.817. The monoisotopic (exact) mass is 331 g/mol. The lowest BCUT2D eigenvalue weighted by atomic mass is 9.92. The number of hydrogen-bond donors (Lipinski definition) is 1. The zero-order chi connectivity index (χ0) is 14.5. The van der Waals surface area contributed by atoms with Crippen LogP contribution in [0.5, 0.6) is 0 Å². The lowest BCUT2D eigenvalue weighted by molar-refractivity contribution is -0.0377. The highest BCUT2D eigenvalue weighted by molar-refractivity contribution is 9.10. The molecule has 1 rings (SSSR count). The van der Waals surface area contributed by atoms with Gasteiger partial charge in [0.25, 0.3) is 0 Å². The fourth-order valence-corrected chi connectivity index (χ4v) is 2.63. The van der Waals surface area contributed by atoms with Crippen LogP contribution in [0.2, 0.25) is 0 Å². The molecule has 1 atom stereocenters. The van der Waals surface area contributed by atoms with Crippen molar-refractivity contribution < 1.29 is 9.13 Å². The van der Waals surface area contributed by atoms with Gasteiger partial charge < -0.3 is 10.1 Å². The Kier molecular flexibility index (Phi) is 6.43. The molecule has 0 heterocycles. The van der Waals surface area contributed by atoms with Gasteiger partial charge in [-0.05, 0) is 61.3 Å². The van der Waals surface area contributed by atoms with Crippen LogP contribution >= 0.6 is 15.9 Å². The van der Waals surface area contributed by atoms with Crippen molar-refractivity contribution in [2.45, 2.75) is 45.8 Å². The molecule has 1 aromatic rings.